The molecule has 0 N–H and O–H groups in total. The minimum atomic E-state index is 0.561. The number of hydrogen-bond donors (Lipinski definition) is 0. The Hall–Kier alpha value is -1.76. The Bertz CT molecular complexity index is 308. The van der Waals surface area contributed by atoms with Gasteiger partial charge in [-0.15, -0.1) is 13.2 Å². The Labute approximate surface area is 105 Å². The molecule has 0 radical (unpaired) electrons. The third-order valence-electron chi connectivity index (χ3n) is 1.95. The first kappa shape index (κ1) is 15.2. The normalized spacial score (nSPS) is 8.53. The van der Waals surface area contributed by atoms with E-state index >= 15 is 0 Å². The van der Waals surface area contributed by atoms with Gasteiger partial charge in [0.15, 0.2) is 0 Å². The van der Waals surface area contributed by atoms with Crippen molar-refractivity contribution in [2.75, 3.05) is 6.61 Å². The Morgan fingerprint density at radius 3 is 2.35 bits per heavy atom. The van der Waals surface area contributed by atoms with Crippen LogP contribution in [0.25, 0.3) is 0 Å². The van der Waals surface area contributed by atoms with Crippen LogP contribution in [-0.2, 0) is 6.42 Å². The van der Waals surface area contributed by atoms with Crippen LogP contribution < -0.4 is 4.74 Å². The van der Waals surface area contributed by atoms with Crippen LogP contribution in [0.15, 0.2) is 62.2 Å². The van der Waals surface area contributed by atoms with Crippen molar-refractivity contribution in [3.8, 4) is 5.75 Å². The molecule has 0 unspecified atom stereocenters. The fraction of sp³-hybridized carbons (Fsp3) is 0.250. The zero-order valence-electron chi connectivity index (χ0n) is 10.7. The zero-order valence-corrected chi connectivity index (χ0v) is 10.7. The Morgan fingerprint density at radius 2 is 1.76 bits per heavy atom. The van der Waals surface area contributed by atoms with Gasteiger partial charge in [-0.2, -0.15) is 0 Å². The highest BCUT2D eigenvalue weighted by molar-refractivity contribution is 5.33. The van der Waals surface area contributed by atoms with E-state index in [2.05, 4.69) is 25.8 Å². The highest BCUT2D eigenvalue weighted by Gasteiger charge is 2.00. The molecule has 0 spiro atoms. The number of aryl methyl sites for hydroxylation is 1. The molecule has 0 heterocycles. The van der Waals surface area contributed by atoms with Gasteiger partial charge in [0.2, 0.25) is 0 Å². The highest BCUT2D eigenvalue weighted by Crippen LogP contribution is 2.19. The van der Waals surface area contributed by atoms with Crippen molar-refractivity contribution in [3.05, 3.63) is 67.8 Å². The molecule has 0 aliphatic rings. The lowest BCUT2D eigenvalue weighted by atomic mass is 10.1. The molecule has 0 aromatic heterocycles. The standard InChI is InChI=1S/C13H16O.C3H6/c1-3-5-8-12-9-6-7-10-13(12)14-11-4-2;1-3-2/h3-4,6-7,9-10H,1-2,5,8,11H2;3H,1H2,2H3. The summed E-state index contributed by atoms with van der Waals surface area (Å²) < 4.78 is 5.53. The summed E-state index contributed by atoms with van der Waals surface area (Å²) in [6.45, 7) is 13.1. The Morgan fingerprint density at radius 1 is 1.12 bits per heavy atom. The van der Waals surface area contributed by atoms with Crippen molar-refractivity contribution in [1.29, 1.82) is 0 Å². The number of ether oxygens (including phenoxy) is 1. The highest BCUT2D eigenvalue weighted by atomic mass is 16.5. The number of benzene rings is 1. The van der Waals surface area contributed by atoms with Crippen molar-refractivity contribution >= 4 is 0 Å². The number of para-hydroxylation sites is 1. The lowest BCUT2D eigenvalue weighted by Gasteiger charge is -2.08. The molecule has 0 saturated heterocycles. The SMILES string of the molecule is C=CC.C=CCCc1ccccc1OCC=C. The molecule has 0 aliphatic heterocycles. The predicted octanol–water partition coefficient (Wildman–Crippen LogP) is 4.56. The first-order chi connectivity index (χ1) is 8.29. The summed E-state index contributed by atoms with van der Waals surface area (Å²) in [5, 5.41) is 0. The third-order valence-corrected chi connectivity index (χ3v) is 1.95. The largest absolute Gasteiger partial charge is 0.489 e. The van der Waals surface area contributed by atoms with Crippen molar-refractivity contribution in [1.82, 2.24) is 0 Å². The van der Waals surface area contributed by atoms with E-state index in [1.165, 1.54) is 5.56 Å². The molecule has 0 amide bonds. The van der Waals surface area contributed by atoms with Gasteiger partial charge in [-0.05, 0) is 31.4 Å². The van der Waals surface area contributed by atoms with E-state index in [9.17, 15) is 0 Å². The van der Waals surface area contributed by atoms with Crippen LogP contribution in [0.5, 0.6) is 5.75 Å². The summed E-state index contributed by atoms with van der Waals surface area (Å²) in [7, 11) is 0. The maximum absolute atomic E-state index is 5.53. The monoisotopic (exact) mass is 230 g/mol. The average molecular weight is 230 g/mol. The summed E-state index contributed by atoms with van der Waals surface area (Å²) >= 11 is 0. The molecular formula is C16H22O. The number of allylic oxidation sites excluding steroid dienone is 2. The molecule has 1 aromatic rings. The minimum absolute atomic E-state index is 0.561. The number of rotatable bonds is 6. The molecule has 17 heavy (non-hydrogen) atoms. The summed E-state index contributed by atoms with van der Waals surface area (Å²) in [5.74, 6) is 0.953. The van der Waals surface area contributed by atoms with Gasteiger partial charge in [0, 0.05) is 0 Å². The molecule has 0 fully saturated rings. The van der Waals surface area contributed by atoms with Gasteiger partial charge < -0.3 is 4.74 Å². The molecule has 1 rings (SSSR count). The van der Waals surface area contributed by atoms with Crippen molar-refractivity contribution in [2.45, 2.75) is 19.8 Å². The van der Waals surface area contributed by atoms with Crippen LogP contribution in [0.3, 0.4) is 0 Å². The van der Waals surface area contributed by atoms with Crippen molar-refractivity contribution < 1.29 is 4.74 Å². The van der Waals surface area contributed by atoms with E-state index in [1.807, 2.05) is 31.2 Å². The second kappa shape index (κ2) is 10.7. The first-order valence-electron chi connectivity index (χ1n) is 5.79. The Balaban J connectivity index is 0.000000770. The van der Waals surface area contributed by atoms with Crippen LogP contribution >= 0.6 is 0 Å². The second-order valence-corrected chi connectivity index (χ2v) is 3.44. The molecule has 92 valence electrons. The molecule has 1 nitrogen and oxygen atoms in total. The van der Waals surface area contributed by atoms with Gasteiger partial charge in [0.25, 0.3) is 0 Å². The Kier molecular flexibility index (Phi) is 9.64. The molecule has 0 bridgehead atoms. The predicted molar refractivity (Wildman–Crippen MR) is 76.5 cm³/mol. The maximum Gasteiger partial charge on any atom is 0.122 e. The van der Waals surface area contributed by atoms with Crippen LogP contribution in [-0.4, -0.2) is 6.61 Å². The van der Waals surface area contributed by atoms with Gasteiger partial charge in [-0.1, -0.05) is 43.0 Å². The maximum atomic E-state index is 5.53. The smallest absolute Gasteiger partial charge is 0.122 e. The van der Waals surface area contributed by atoms with E-state index in [1.54, 1.807) is 12.2 Å². The molecule has 1 heteroatoms. The summed E-state index contributed by atoms with van der Waals surface area (Å²) in [6.07, 6.45) is 7.39. The van der Waals surface area contributed by atoms with Crippen LogP contribution in [0.2, 0.25) is 0 Å². The summed E-state index contributed by atoms with van der Waals surface area (Å²) in [5.41, 5.74) is 1.23. The fourth-order valence-electron chi connectivity index (χ4n) is 1.26. The van der Waals surface area contributed by atoms with E-state index < -0.39 is 0 Å². The van der Waals surface area contributed by atoms with Gasteiger partial charge in [-0.25, -0.2) is 0 Å². The number of hydrogen-bond acceptors (Lipinski definition) is 1. The van der Waals surface area contributed by atoms with E-state index in [4.69, 9.17) is 4.74 Å². The van der Waals surface area contributed by atoms with Crippen molar-refractivity contribution in [3.63, 3.8) is 0 Å². The summed E-state index contributed by atoms with van der Waals surface area (Å²) in [6, 6.07) is 8.08. The van der Waals surface area contributed by atoms with Gasteiger partial charge in [0.05, 0.1) is 0 Å². The second-order valence-electron chi connectivity index (χ2n) is 3.44. The van der Waals surface area contributed by atoms with Gasteiger partial charge >= 0.3 is 0 Å². The topological polar surface area (TPSA) is 9.23 Å². The third kappa shape index (κ3) is 7.18. The zero-order chi connectivity index (χ0) is 12.9. The lowest BCUT2D eigenvalue weighted by Crippen LogP contribution is -1.96. The van der Waals surface area contributed by atoms with Crippen LogP contribution in [0.1, 0.15) is 18.9 Å². The lowest BCUT2D eigenvalue weighted by molar-refractivity contribution is 0.359. The van der Waals surface area contributed by atoms with E-state index in [-0.39, 0.29) is 0 Å². The molecule has 0 aliphatic carbocycles. The quantitative estimate of drug-likeness (QED) is 0.651. The van der Waals surface area contributed by atoms with Crippen LogP contribution in [0.4, 0.5) is 0 Å². The van der Waals surface area contributed by atoms with Gasteiger partial charge in [0.1, 0.15) is 12.4 Å². The molecule has 0 atom stereocenters. The van der Waals surface area contributed by atoms with E-state index in [0.29, 0.717) is 6.61 Å². The summed E-state index contributed by atoms with van der Waals surface area (Å²) in [4.78, 5) is 0. The first-order valence-corrected chi connectivity index (χ1v) is 5.79. The van der Waals surface area contributed by atoms with E-state index in [0.717, 1.165) is 18.6 Å². The fourth-order valence-corrected chi connectivity index (χ4v) is 1.26. The van der Waals surface area contributed by atoms with Crippen molar-refractivity contribution in [2.24, 2.45) is 0 Å². The van der Waals surface area contributed by atoms with Crippen LogP contribution in [0, 0.1) is 0 Å². The average Bonchev–Trinajstić information content (AvgIpc) is 2.36. The molecular weight excluding hydrogens is 208 g/mol. The molecule has 1 aromatic carbocycles. The van der Waals surface area contributed by atoms with Gasteiger partial charge in [-0.3, -0.25) is 0 Å². The minimum Gasteiger partial charge on any atom is -0.489 e. The molecule has 0 saturated carbocycles.